The van der Waals surface area contributed by atoms with Crippen LogP contribution in [0.3, 0.4) is 0 Å². The number of nitrogens with zero attached hydrogens (tertiary/aromatic N) is 3. The topological polar surface area (TPSA) is 69.0 Å². The predicted molar refractivity (Wildman–Crippen MR) is 98.8 cm³/mol. The van der Waals surface area contributed by atoms with Gasteiger partial charge in [0.1, 0.15) is 5.75 Å². The van der Waals surface area contributed by atoms with Crippen LogP contribution in [0.1, 0.15) is 12.5 Å². The van der Waals surface area contributed by atoms with Gasteiger partial charge in [0.2, 0.25) is 5.91 Å². The van der Waals surface area contributed by atoms with Crippen molar-refractivity contribution >= 4 is 22.5 Å². The second kappa shape index (κ2) is 6.76. The highest BCUT2D eigenvalue weighted by molar-refractivity contribution is 5.96. The van der Waals surface area contributed by atoms with Crippen molar-refractivity contribution in [1.82, 2.24) is 14.8 Å². The minimum Gasteiger partial charge on any atom is -0.495 e. The maximum Gasteiger partial charge on any atom is 0.221 e. The van der Waals surface area contributed by atoms with Crippen molar-refractivity contribution in [3.8, 4) is 17.0 Å². The van der Waals surface area contributed by atoms with Crippen LogP contribution < -0.4 is 10.1 Å². The van der Waals surface area contributed by atoms with Gasteiger partial charge in [-0.1, -0.05) is 6.08 Å². The molecule has 6 nitrogen and oxygen atoms in total. The average molecular weight is 336 g/mol. The molecule has 0 radical (unpaired) electrons. The Morgan fingerprint density at radius 1 is 1.40 bits per heavy atom. The third kappa shape index (κ3) is 3.38. The van der Waals surface area contributed by atoms with Gasteiger partial charge in [-0.3, -0.25) is 9.48 Å². The van der Waals surface area contributed by atoms with E-state index in [9.17, 15) is 4.79 Å². The predicted octanol–water partition coefficient (Wildman–Crippen LogP) is 3.56. The first-order chi connectivity index (χ1) is 12.0. The third-order valence-electron chi connectivity index (χ3n) is 3.89. The van der Waals surface area contributed by atoms with Gasteiger partial charge in [-0.2, -0.15) is 5.10 Å². The van der Waals surface area contributed by atoms with Crippen LogP contribution in [0.5, 0.6) is 5.75 Å². The maximum atomic E-state index is 11.4. The Kier molecular flexibility index (Phi) is 4.52. The lowest BCUT2D eigenvalue weighted by Crippen LogP contribution is -2.07. The number of amides is 1. The number of benzene rings is 1. The van der Waals surface area contributed by atoms with Gasteiger partial charge in [-0.25, -0.2) is 4.98 Å². The molecule has 3 rings (SSSR count). The number of fused-ring (bicyclic) bond motifs is 1. The molecule has 2 aromatic heterocycles. The molecule has 1 N–H and O–H groups in total. The van der Waals surface area contributed by atoms with Crippen LogP contribution in [0.4, 0.5) is 5.69 Å². The van der Waals surface area contributed by atoms with Crippen LogP contribution in [0, 0.1) is 6.92 Å². The largest absolute Gasteiger partial charge is 0.495 e. The molecule has 2 heterocycles. The van der Waals surface area contributed by atoms with E-state index in [1.165, 1.54) is 6.92 Å². The van der Waals surface area contributed by atoms with Gasteiger partial charge >= 0.3 is 0 Å². The zero-order chi connectivity index (χ0) is 18.0. The summed E-state index contributed by atoms with van der Waals surface area (Å²) in [6.45, 7) is 7.86. The summed E-state index contributed by atoms with van der Waals surface area (Å²) in [6, 6.07) is 5.75. The van der Waals surface area contributed by atoms with E-state index in [2.05, 4.69) is 17.0 Å². The Morgan fingerprint density at radius 3 is 2.88 bits per heavy atom. The number of pyridine rings is 1. The highest BCUT2D eigenvalue weighted by Crippen LogP contribution is 2.33. The molecule has 0 bridgehead atoms. The monoisotopic (exact) mass is 336 g/mol. The number of hydrogen-bond acceptors (Lipinski definition) is 4. The molecular weight excluding hydrogens is 316 g/mol. The number of aromatic nitrogens is 3. The fraction of sp³-hybridized carbons (Fsp3) is 0.211. The molecule has 0 fully saturated rings. The van der Waals surface area contributed by atoms with Crippen molar-refractivity contribution in [1.29, 1.82) is 0 Å². The van der Waals surface area contributed by atoms with Gasteiger partial charge in [-0.15, -0.1) is 6.58 Å². The summed E-state index contributed by atoms with van der Waals surface area (Å²) in [5, 5.41) is 8.07. The maximum absolute atomic E-state index is 11.4. The lowest BCUT2D eigenvalue weighted by atomic mass is 10.1. The van der Waals surface area contributed by atoms with Crippen molar-refractivity contribution in [2.24, 2.45) is 0 Å². The van der Waals surface area contributed by atoms with Crippen molar-refractivity contribution < 1.29 is 9.53 Å². The molecule has 0 unspecified atom stereocenters. The summed E-state index contributed by atoms with van der Waals surface area (Å²) in [4.78, 5) is 16.2. The van der Waals surface area contributed by atoms with Gasteiger partial charge < -0.3 is 10.1 Å². The second-order valence-electron chi connectivity index (χ2n) is 5.81. The molecule has 25 heavy (non-hydrogen) atoms. The zero-order valence-electron chi connectivity index (χ0n) is 14.5. The highest BCUT2D eigenvalue weighted by Gasteiger charge is 2.12. The summed E-state index contributed by atoms with van der Waals surface area (Å²) in [5.74, 6) is 0.454. The molecular formula is C19H20N4O2. The SMILES string of the molecule is C=CCn1cc(-c2cc(C)c3cc(OC)c(NC(C)=O)cc3n2)cn1. The summed E-state index contributed by atoms with van der Waals surface area (Å²) >= 11 is 0. The number of anilines is 1. The molecule has 0 saturated heterocycles. The van der Waals surface area contributed by atoms with E-state index >= 15 is 0 Å². The fourth-order valence-corrected chi connectivity index (χ4v) is 2.75. The Hall–Kier alpha value is -3.15. The number of nitrogens with one attached hydrogen (secondary N) is 1. The van der Waals surface area contributed by atoms with Crippen molar-refractivity contribution in [2.75, 3.05) is 12.4 Å². The van der Waals surface area contributed by atoms with Crippen molar-refractivity contribution in [3.63, 3.8) is 0 Å². The molecule has 0 atom stereocenters. The van der Waals surface area contributed by atoms with Gasteiger partial charge in [0.05, 0.1) is 36.7 Å². The van der Waals surface area contributed by atoms with Gasteiger partial charge in [0, 0.05) is 24.1 Å². The molecule has 1 amide bonds. The number of rotatable bonds is 5. The Bertz CT molecular complexity index is 959. The molecule has 128 valence electrons. The van der Waals surface area contributed by atoms with E-state index in [1.54, 1.807) is 24.1 Å². The lowest BCUT2D eigenvalue weighted by Gasteiger charge is -2.12. The molecule has 6 heteroatoms. The van der Waals surface area contributed by atoms with E-state index < -0.39 is 0 Å². The molecule has 3 aromatic rings. The van der Waals surface area contributed by atoms with Gasteiger partial charge in [-0.05, 0) is 30.7 Å². The van der Waals surface area contributed by atoms with E-state index in [4.69, 9.17) is 9.72 Å². The molecule has 0 spiro atoms. The van der Waals surface area contributed by atoms with E-state index in [0.717, 1.165) is 27.7 Å². The average Bonchev–Trinajstić information content (AvgIpc) is 3.02. The Balaban J connectivity index is 2.12. The standard InChI is InChI=1S/C19H20N4O2/c1-5-6-23-11-14(10-20-23)16-7-12(2)15-8-19(25-4)18(21-13(3)24)9-17(15)22-16/h5,7-11H,1,6H2,2-4H3,(H,21,24). The van der Waals surface area contributed by atoms with Gasteiger partial charge in [0.25, 0.3) is 0 Å². The number of carbonyl (C=O) groups is 1. The van der Waals surface area contributed by atoms with E-state index in [1.807, 2.05) is 31.3 Å². The normalized spacial score (nSPS) is 10.7. The van der Waals surface area contributed by atoms with Crippen molar-refractivity contribution in [3.05, 3.63) is 48.8 Å². The van der Waals surface area contributed by atoms with E-state index in [0.29, 0.717) is 18.0 Å². The number of allylic oxidation sites excluding steroid dienone is 1. The first kappa shape index (κ1) is 16.7. The lowest BCUT2D eigenvalue weighted by molar-refractivity contribution is -0.114. The molecule has 0 aliphatic carbocycles. The van der Waals surface area contributed by atoms with Crippen molar-refractivity contribution in [2.45, 2.75) is 20.4 Å². The number of ether oxygens (including phenoxy) is 1. The molecule has 0 aliphatic rings. The minimum absolute atomic E-state index is 0.156. The molecule has 1 aromatic carbocycles. The molecule has 0 saturated carbocycles. The smallest absolute Gasteiger partial charge is 0.221 e. The Labute approximate surface area is 146 Å². The number of aryl methyl sites for hydroxylation is 1. The minimum atomic E-state index is -0.156. The summed E-state index contributed by atoms with van der Waals surface area (Å²) in [6.07, 6.45) is 5.52. The number of hydrogen-bond donors (Lipinski definition) is 1. The highest BCUT2D eigenvalue weighted by atomic mass is 16.5. The molecule has 0 aliphatic heterocycles. The number of carbonyl (C=O) groups excluding carboxylic acids is 1. The van der Waals surface area contributed by atoms with Crippen LogP contribution in [0.2, 0.25) is 0 Å². The summed E-state index contributed by atoms with van der Waals surface area (Å²) in [7, 11) is 1.58. The zero-order valence-corrected chi connectivity index (χ0v) is 14.5. The fourth-order valence-electron chi connectivity index (χ4n) is 2.75. The summed E-state index contributed by atoms with van der Waals surface area (Å²) in [5.41, 5.74) is 4.23. The van der Waals surface area contributed by atoms with E-state index in [-0.39, 0.29) is 5.91 Å². The second-order valence-corrected chi connectivity index (χ2v) is 5.81. The van der Waals surface area contributed by atoms with Gasteiger partial charge in [0.15, 0.2) is 0 Å². The van der Waals surface area contributed by atoms with Crippen LogP contribution >= 0.6 is 0 Å². The summed E-state index contributed by atoms with van der Waals surface area (Å²) < 4.78 is 7.20. The quantitative estimate of drug-likeness (QED) is 0.723. The van der Waals surface area contributed by atoms with Crippen LogP contribution in [0.15, 0.2) is 43.2 Å². The van der Waals surface area contributed by atoms with Crippen LogP contribution in [-0.2, 0) is 11.3 Å². The first-order valence-electron chi connectivity index (χ1n) is 7.92. The first-order valence-corrected chi connectivity index (χ1v) is 7.92. The third-order valence-corrected chi connectivity index (χ3v) is 3.89. The number of methoxy groups -OCH3 is 1. The van der Waals surface area contributed by atoms with Crippen LogP contribution in [-0.4, -0.2) is 27.8 Å². The van der Waals surface area contributed by atoms with Crippen LogP contribution in [0.25, 0.3) is 22.2 Å². The Morgan fingerprint density at radius 2 is 2.20 bits per heavy atom.